The number of rotatable bonds is 5. The molecule has 0 spiro atoms. The van der Waals surface area contributed by atoms with Gasteiger partial charge < -0.3 is 19.7 Å². The molecule has 2 heterocycles. The van der Waals surface area contributed by atoms with Crippen molar-refractivity contribution in [3.63, 3.8) is 0 Å². The maximum absolute atomic E-state index is 9.46. The van der Waals surface area contributed by atoms with E-state index in [1.807, 2.05) is 30.3 Å². The number of aliphatic hydroxyl groups is 1. The van der Waals surface area contributed by atoms with Crippen molar-refractivity contribution in [1.29, 1.82) is 0 Å². The zero-order valence-corrected chi connectivity index (χ0v) is 11.0. The minimum atomic E-state index is -0.336. The molecule has 2 atom stereocenters. The van der Waals surface area contributed by atoms with Crippen LogP contribution in [0.1, 0.15) is 24.2 Å². The third kappa shape index (κ3) is 3.15. The SMILES string of the molecule is OC1CNC(c2nc(CCOc3ccccc3)no2)C1. The predicted molar refractivity (Wildman–Crippen MR) is 71.3 cm³/mol. The van der Waals surface area contributed by atoms with Crippen molar-refractivity contribution in [2.45, 2.75) is 25.0 Å². The molecule has 1 aromatic heterocycles. The Bertz CT molecular complexity index is 544. The van der Waals surface area contributed by atoms with E-state index < -0.39 is 0 Å². The summed E-state index contributed by atoms with van der Waals surface area (Å²) < 4.78 is 10.8. The Morgan fingerprint density at radius 2 is 2.20 bits per heavy atom. The van der Waals surface area contributed by atoms with Crippen LogP contribution in [0.3, 0.4) is 0 Å². The first-order chi connectivity index (χ1) is 9.81. The molecule has 2 unspecified atom stereocenters. The van der Waals surface area contributed by atoms with Gasteiger partial charge in [-0.1, -0.05) is 23.4 Å². The highest BCUT2D eigenvalue weighted by atomic mass is 16.5. The van der Waals surface area contributed by atoms with Crippen LogP contribution in [-0.2, 0) is 6.42 Å². The van der Waals surface area contributed by atoms with Crippen LogP contribution in [0.2, 0.25) is 0 Å². The monoisotopic (exact) mass is 275 g/mol. The van der Waals surface area contributed by atoms with Gasteiger partial charge in [-0.2, -0.15) is 4.98 Å². The van der Waals surface area contributed by atoms with Gasteiger partial charge in [0.15, 0.2) is 5.82 Å². The Morgan fingerprint density at radius 1 is 1.35 bits per heavy atom. The fraction of sp³-hybridized carbons (Fsp3) is 0.429. The normalized spacial score (nSPS) is 22.1. The molecule has 2 N–H and O–H groups in total. The molecule has 6 nitrogen and oxygen atoms in total. The van der Waals surface area contributed by atoms with E-state index in [1.54, 1.807) is 0 Å². The van der Waals surface area contributed by atoms with E-state index in [0.29, 0.717) is 37.7 Å². The van der Waals surface area contributed by atoms with Crippen molar-refractivity contribution in [1.82, 2.24) is 15.5 Å². The number of hydrogen-bond donors (Lipinski definition) is 2. The van der Waals surface area contributed by atoms with Crippen LogP contribution < -0.4 is 10.1 Å². The second-order valence-corrected chi connectivity index (χ2v) is 4.81. The largest absolute Gasteiger partial charge is 0.493 e. The summed E-state index contributed by atoms with van der Waals surface area (Å²) in [5.41, 5.74) is 0. The molecular formula is C14H17N3O3. The lowest BCUT2D eigenvalue weighted by molar-refractivity contribution is 0.191. The molecule has 6 heteroatoms. The van der Waals surface area contributed by atoms with Crippen molar-refractivity contribution in [2.24, 2.45) is 0 Å². The molecule has 0 saturated carbocycles. The highest BCUT2D eigenvalue weighted by Crippen LogP contribution is 2.21. The number of ether oxygens (including phenoxy) is 1. The van der Waals surface area contributed by atoms with Gasteiger partial charge in [-0.15, -0.1) is 0 Å². The van der Waals surface area contributed by atoms with Crippen LogP contribution in [0.5, 0.6) is 5.75 Å². The van der Waals surface area contributed by atoms with Crippen LogP contribution in [-0.4, -0.2) is 34.5 Å². The summed E-state index contributed by atoms with van der Waals surface area (Å²) in [6, 6.07) is 9.58. The lowest BCUT2D eigenvalue weighted by atomic mass is 10.2. The quantitative estimate of drug-likeness (QED) is 0.850. The number of nitrogens with zero attached hydrogens (tertiary/aromatic N) is 2. The lowest BCUT2D eigenvalue weighted by Crippen LogP contribution is -2.15. The molecular weight excluding hydrogens is 258 g/mol. The van der Waals surface area contributed by atoms with Crippen LogP contribution in [0.4, 0.5) is 0 Å². The van der Waals surface area contributed by atoms with Crippen LogP contribution in [0, 0.1) is 0 Å². The molecule has 20 heavy (non-hydrogen) atoms. The number of aliphatic hydroxyl groups excluding tert-OH is 1. The third-order valence-corrected chi connectivity index (χ3v) is 3.23. The summed E-state index contributed by atoms with van der Waals surface area (Å²) in [6.45, 7) is 1.07. The summed E-state index contributed by atoms with van der Waals surface area (Å²) in [7, 11) is 0. The van der Waals surface area contributed by atoms with Gasteiger partial charge in [0, 0.05) is 13.0 Å². The van der Waals surface area contributed by atoms with E-state index in [4.69, 9.17) is 9.26 Å². The molecule has 1 saturated heterocycles. The molecule has 3 rings (SSSR count). The minimum Gasteiger partial charge on any atom is -0.493 e. The minimum absolute atomic E-state index is 0.0405. The summed E-state index contributed by atoms with van der Waals surface area (Å²) >= 11 is 0. The Morgan fingerprint density at radius 3 is 2.95 bits per heavy atom. The van der Waals surface area contributed by atoms with Crippen LogP contribution >= 0.6 is 0 Å². The summed E-state index contributed by atoms with van der Waals surface area (Å²) in [5, 5.41) is 16.5. The lowest BCUT2D eigenvalue weighted by Gasteiger charge is -2.03. The summed E-state index contributed by atoms with van der Waals surface area (Å²) in [6.07, 6.45) is 0.868. The van der Waals surface area contributed by atoms with Gasteiger partial charge in [-0.3, -0.25) is 0 Å². The first-order valence-electron chi connectivity index (χ1n) is 6.73. The van der Waals surface area contributed by atoms with E-state index in [-0.39, 0.29) is 12.1 Å². The maximum atomic E-state index is 9.46. The van der Waals surface area contributed by atoms with E-state index in [0.717, 1.165) is 5.75 Å². The zero-order valence-electron chi connectivity index (χ0n) is 11.0. The van der Waals surface area contributed by atoms with Crippen molar-refractivity contribution in [3.05, 3.63) is 42.0 Å². The molecule has 2 aromatic rings. The number of nitrogens with one attached hydrogen (secondary N) is 1. The van der Waals surface area contributed by atoms with Gasteiger partial charge in [0.05, 0.1) is 18.8 Å². The van der Waals surface area contributed by atoms with Crippen LogP contribution in [0.25, 0.3) is 0 Å². The zero-order chi connectivity index (χ0) is 13.8. The Hall–Kier alpha value is -1.92. The Balaban J connectivity index is 1.50. The number of hydrogen-bond acceptors (Lipinski definition) is 6. The van der Waals surface area contributed by atoms with Gasteiger partial charge in [-0.05, 0) is 18.6 Å². The molecule has 1 aromatic carbocycles. The topological polar surface area (TPSA) is 80.4 Å². The number of aromatic nitrogens is 2. The second kappa shape index (κ2) is 6.02. The molecule has 1 aliphatic rings. The smallest absolute Gasteiger partial charge is 0.243 e. The van der Waals surface area contributed by atoms with Crippen LogP contribution in [0.15, 0.2) is 34.9 Å². The molecule has 0 bridgehead atoms. The van der Waals surface area contributed by atoms with Crippen molar-refractivity contribution in [3.8, 4) is 5.75 Å². The van der Waals surface area contributed by atoms with Crippen molar-refractivity contribution in [2.75, 3.05) is 13.2 Å². The molecule has 1 aliphatic heterocycles. The first-order valence-corrected chi connectivity index (χ1v) is 6.73. The third-order valence-electron chi connectivity index (χ3n) is 3.23. The van der Waals surface area contributed by atoms with Gasteiger partial charge in [0.1, 0.15) is 5.75 Å². The number of para-hydroxylation sites is 1. The summed E-state index contributed by atoms with van der Waals surface area (Å²) in [5.74, 6) is 1.99. The molecule has 1 fully saturated rings. The van der Waals surface area contributed by atoms with Crippen molar-refractivity contribution >= 4 is 0 Å². The van der Waals surface area contributed by atoms with E-state index in [1.165, 1.54) is 0 Å². The molecule has 106 valence electrons. The Kier molecular flexibility index (Phi) is 3.94. The number of β-amino-alcohol motifs (C(OH)–C–C–N with tert-alkyl or cyclic N) is 1. The Labute approximate surface area is 116 Å². The summed E-state index contributed by atoms with van der Waals surface area (Å²) in [4.78, 5) is 4.33. The van der Waals surface area contributed by atoms with E-state index >= 15 is 0 Å². The van der Waals surface area contributed by atoms with E-state index in [2.05, 4.69) is 15.5 Å². The predicted octanol–water partition coefficient (Wildman–Crippen LogP) is 1.09. The highest BCUT2D eigenvalue weighted by Gasteiger charge is 2.27. The fourth-order valence-electron chi connectivity index (χ4n) is 2.19. The molecule has 0 aliphatic carbocycles. The first kappa shape index (κ1) is 13.1. The number of benzene rings is 1. The van der Waals surface area contributed by atoms with Gasteiger partial charge in [0.25, 0.3) is 0 Å². The molecule has 0 radical (unpaired) electrons. The van der Waals surface area contributed by atoms with E-state index in [9.17, 15) is 5.11 Å². The second-order valence-electron chi connectivity index (χ2n) is 4.81. The van der Waals surface area contributed by atoms with Gasteiger partial charge in [0.2, 0.25) is 5.89 Å². The average Bonchev–Trinajstić information content (AvgIpc) is 3.09. The maximum Gasteiger partial charge on any atom is 0.243 e. The average molecular weight is 275 g/mol. The van der Waals surface area contributed by atoms with Gasteiger partial charge >= 0.3 is 0 Å². The highest BCUT2D eigenvalue weighted by molar-refractivity contribution is 5.20. The van der Waals surface area contributed by atoms with Gasteiger partial charge in [-0.25, -0.2) is 0 Å². The fourth-order valence-corrected chi connectivity index (χ4v) is 2.19. The van der Waals surface area contributed by atoms with Crippen molar-refractivity contribution < 1.29 is 14.4 Å². The molecule has 0 amide bonds. The standard InChI is InChI=1S/C14H17N3O3/c18-10-8-12(15-9-10)14-16-13(17-20-14)6-7-19-11-4-2-1-3-5-11/h1-5,10,12,15,18H,6-9H2.